The minimum Gasteiger partial charge on any atom is -0.356 e. The van der Waals surface area contributed by atoms with Crippen LogP contribution in [0.2, 0.25) is 0 Å². The smallest absolute Gasteiger partial charge is 0.139 e. The molecule has 0 atom stereocenters. The summed E-state index contributed by atoms with van der Waals surface area (Å²) in [5.74, 6) is 1.09. The van der Waals surface area contributed by atoms with Gasteiger partial charge in [0.05, 0.1) is 5.52 Å². The van der Waals surface area contributed by atoms with Crippen molar-refractivity contribution < 1.29 is 0 Å². The molecule has 70 valence electrons. The zero-order chi connectivity index (χ0) is 9.38. The van der Waals surface area contributed by atoms with Crippen molar-refractivity contribution in [3.05, 3.63) is 30.6 Å². The van der Waals surface area contributed by atoms with Crippen molar-refractivity contribution >= 4 is 16.7 Å². The van der Waals surface area contributed by atoms with E-state index in [-0.39, 0.29) is 0 Å². The molecule has 3 nitrogen and oxygen atoms in total. The molecule has 2 heterocycles. The molecule has 0 aliphatic carbocycles. The van der Waals surface area contributed by atoms with Gasteiger partial charge in [0.25, 0.3) is 0 Å². The Balaban J connectivity index is 2.22. The summed E-state index contributed by atoms with van der Waals surface area (Å²) in [5, 5.41) is 1.16. The molecule has 0 radical (unpaired) electrons. The van der Waals surface area contributed by atoms with E-state index in [4.69, 9.17) is 0 Å². The quantitative estimate of drug-likeness (QED) is 0.678. The molecule has 0 spiro atoms. The molecule has 1 aromatic carbocycles. The highest BCUT2D eigenvalue weighted by Gasteiger charge is 2.17. The van der Waals surface area contributed by atoms with E-state index in [0.717, 1.165) is 29.8 Å². The van der Waals surface area contributed by atoms with Gasteiger partial charge in [0.1, 0.15) is 12.1 Å². The van der Waals surface area contributed by atoms with Crippen LogP contribution in [0.3, 0.4) is 0 Å². The Morgan fingerprint density at radius 3 is 2.71 bits per heavy atom. The standard InChI is InChI=1S/C11H11N3/c1-2-5-10-9(4-1)11(13-8-12-10)14-6-3-7-14/h1-2,4-5,8H,3,6-7H2. The maximum absolute atomic E-state index is 4.34. The number of benzene rings is 1. The zero-order valence-corrected chi connectivity index (χ0v) is 7.85. The SMILES string of the molecule is c1ccc2c(N3CCC3)ncnc2c1. The van der Waals surface area contributed by atoms with Crippen LogP contribution in [0.15, 0.2) is 30.6 Å². The monoisotopic (exact) mass is 185 g/mol. The Hall–Kier alpha value is -1.64. The number of fused-ring (bicyclic) bond motifs is 1. The molecule has 1 saturated heterocycles. The van der Waals surface area contributed by atoms with Gasteiger partial charge in [0.15, 0.2) is 0 Å². The Bertz CT molecular complexity index is 458. The van der Waals surface area contributed by atoms with Crippen LogP contribution in [0.4, 0.5) is 5.82 Å². The first-order valence-corrected chi connectivity index (χ1v) is 4.90. The van der Waals surface area contributed by atoms with Gasteiger partial charge in [0.2, 0.25) is 0 Å². The van der Waals surface area contributed by atoms with Gasteiger partial charge in [-0.05, 0) is 18.6 Å². The van der Waals surface area contributed by atoms with Crippen molar-refractivity contribution in [3.8, 4) is 0 Å². The summed E-state index contributed by atoms with van der Waals surface area (Å²) < 4.78 is 0. The lowest BCUT2D eigenvalue weighted by molar-refractivity contribution is 0.611. The molecule has 0 unspecified atom stereocenters. The summed E-state index contributed by atoms with van der Waals surface area (Å²) >= 11 is 0. The first-order chi connectivity index (χ1) is 6.95. The lowest BCUT2D eigenvalue weighted by atomic mass is 10.1. The fourth-order valence-corrected chi connectivity index (χ4v) is 1.77. The Kier molecular flexibility index (Phi) is 1.63. The first-order valence-electron chi connectivity index (χ1n) is 4.90. The third-order valence-corrected chi connectivity index (χ3v) is 2.68. The highest BCUT2D eigenvalue weighted by atomic mass is 15.2. The number of hydrogen-bond donors (Lipinski definition) is 0. The van der Waals surface area contributed by atoms with Crippen LogP contribution in [-0.4, -0.2) is 23.1 Å². The normalized spacial score (nSPS) is 15.6. The lowest BCUT2D eigenvalue weighted by Crippen LogP contribution is -2.37. The molecule has 3 heteroatoms. The van der Waals surface area contributed by atoms with E-state index in [1.54, 1.807) is 6.33 Å². The van der Waals surface area contributed by atoms with Crippen molar-refractivity contribution in [1.29, 1.82) is 0 Å². The van der Waals surface area contributed by atoms with Crippen LogP contribution >= 0.6 is 0 Å². The van der Waals surface area contributed by atoms with Crippen molar-refractivity contribution in [2.24, 2.45) is 0 Å². The highest BCUT2D eigenvalue weighted by Crippen LogP contribution is 2.25. The van der Waals surface area contributed by atoms with Crippen LogP contribution in [0, 0.1) is 0 Å². The third kappa shape index (κ3) is 1.05. The number of para-hydroxylation sites is 1. The van der Waals surface area contributed by atoms with E-state index in [1.165, 1.54) is 6.42 Å². The highest BCUT2D eigenvalue weighted by molar-refractivity contribution is 5.89. The third-order valence-electron chi connectivity index (χ3n) is 2.68. The van der Waals surface area contributed by atoms with Gasteiger partial charge in [-0.25, -0.2) is 9.97 Å². The predicted octanol–water partition coefficient (Wildman–Crippen LogP) is 1.84. The van der Waals surface area contributed by atoms with Crippen molar-refractivity contribution in [2.75, 3.05) is 18.0 Å². The Morgan fingerprint density at radius 2 is 1.93 bits per heavy atom. The van der Waals surface area contributed by atoms with E-state index in [1.807, 2.05) is 18.2 Å². The average molecular weight is 185 g/mol. The first kappa shape index (κ1) is 7.74. The molecule has 0 N–H and O–H groups in total. The maximum atomic E-state index is 4.34. The molecule has 0 amide bonds. The second-order valence-electron chi connectivity index (χ2n) is 3.56. The molecule has 1 fully saturated rings. The van der Waals surface area contributed by atoms with Gasteiger partial charge >= 0.3 is 0 Å². The molecule has 3 rings (SSSR count). The van der Waals surface area contributed by atoms with Crippen LogP contribution < -0.4 is 4.90 Å². The average Bonchev–Trinajstić information content (AvgIpc) is 2.16. The summed E-state index contributed by atoms with van der Waals surface area (Å²) in [6, 6.07) is 8.16. The van der Waals surface area contributed by atoms with E-state index >= 15 is 0 Å². The number of anilines is 1. The van der Waals surface area contributed by atoms with Gasteiger partial charge in [-0.1, -0.05) is 12.1 Å². The van der Waals surface area contributed by atoms with E-state index in [2.05, 4.69) is 20.9 Å². The largest absolute Gasteiger partial charge is 0.356 e. The van der Waals surface area contributed by atoms with Crippen molar-refractivity contribution in [3.63, 3.8) is 0 Å². The minimum atomic E-state index is 1.03. The van der Waals surface area contributed by atoms with Gasteiger partial charge < -0.3 is 4.90 Å². The molecule has 2 aromatic rings. The fraction of sp³-hybridized carbons (Fsp3) is 0.273. The van der Waals surface area contributed by atoms with Crippen molar-refractivity contribution in [2.45, 2.75) is 6.42 Å². The predicted molar refractivity (Wildman–Crippen MR) is 56.4 cm³/mol. The fourth-order valence-electron chi connectivity index (χ4n) is 1.77. The molecule has 0 saturated carbocycles. The van der Waals surface area contributed by atoms with Crippen LogP contribution in [0.1, 0.15) is 6.42 Å². The Labute approximate surface area is 82.4 Å². The minimum absolute atomic E-state index is 1.03. The molecular weight excluding hydrogens is 174 g/mol. The van der Waals surface area contributed by atoms with Gasteiger partial charge in [-0.2, -0.15) is 0 Å². The summed E-state index contributed by atoms with van der Waals surface area (Å²) in [6.45, 7) is 2.25. The summed E-state index contributed by atoms with van der Waals surface area (Å²) in [6.07, 6.45) is 2.92. The lowest BCUT2D eigenvalue weighted by Gasteiger charge is -2.32. The maximum Gasteiger partial charge on any atom is 0.139 e. The van der Waals surface area contributed by atoms with E-state index in [9.17, 15) is 0 Å². The topological polar surface area (TPSA) is 29.0 Å². The van der Waals surface area contributed by atoms with Crippen molar-refractivity contribution in [1.82, 2.24) is 9.97 Å². The second kappa shape index (κ2) is 2.94. The zero-order valence-electron chi connectivity index (χ0n) is 7.85. The molecule has 1 aliphatic rings. The molecule has 14 heavy (non-hydrogen) atoms. The number of aromatic nitrogens is 2. The van der Waals surface area contributed by atoms with Gasteiger partial charge in [0, 0.05) is 18.5 Å². The molecule has 1 aromatic heterocycles. The van der Waals surface area contributed by atoms with E-state index < -0.39 is 0 Å². The Morgan fingerprint density at radius 1 is 1.07 bits per heavy atom. The summed E-state index contributed by atoms with van der Waals surface area (Å²) in [5.41, 5.74) is 1.03. The second-order valence-corrected chi connectivity index (χ2v) is 3.56. The molecule has 0 bridgehead atoms. The number of nitrogens with zero attached hydrogens (tertiary/aromatic N) is 3. The van der Waals surface area contributed by atoms with Gasteiger partial charge in [-0.15, -0.1) is 0 Å². The molecule has 1 aliphatic heterocycles. The summed E-state index contributed by atoms with van der Waals surface area (Å²) in [7, 11) is 0. The van der Waals surface area contributed by atoms with Crippen LogP contribution in [0.25, 0.3) is 10.9 Å². The summed E-state index contributed by atoms with van der Waals surface area (Å²) in [4.78, 5) is 10.9. The number of rotatable bonds is 1. The van der Waals surface area contributed by atoms with Crippen LogP contribution in [0.5, 0.6) is 0 Å². The van der Waals surface area contributed by atoms with E-state index in [0.29, 0.717) is 0 Å². The molecular formula is C11H11N3. The van der Waals surface area contributed by atoms with Crippen LogP contribution in [-0.2, 0) is 0 Å². The van der Waals surface area contributed by atoms with Gasteiger partial charge in [-0.3, -0.25) is 0 Å². The number of hydrogen-bond acceptors (Lipinski definition) is 3.